The number of imidazole rings is 1. The van der Waals surface area contributed by atoms with Crippen LogP contribution in [0.4, 0.5) is 5.69 Å². The Labute approximate surface area is 190 Å². The van der Waals surface area contributed by atoms with Gasteiger partial charge in [-0.05, 0) is 72.3 Å². The second-order valence-electron chi connectivity index (χ2n) is 7.79. The average Bonchev–Trinajstić information content (AvgIpc) is 3.52. The lowest BCUT2D eigenvalue weighted by Crippen LogP contribution is -2.35. The van der Waals surface area contributed by atoms with E-state index in [1.807, 2.05) is 52.9 Å². The van der Waals surface area contributed by atoms with E-state index in [1.54, 1.807) is 36.0 Å². The molecule has 3 heterocycles. The van der Waals surface area contributed by atoms with Gasteiger partial charge in [0.25, 0.3) is 11.8 Å². The quantitative estimate of drug-likeness (QED) is 0.498. The van der Waals surface area contributed by atoms with Crippen LogP contribution in [0.5, 0.6) is 0 Å². The smallest absolute Gasteiger partial charge is 0.255 e. The number of fused-ring (bicyclic) bond motifs is 1. The highest BCUT2D eigenvalue weighted by Crippen LogP contribution is 2.27. The van der Waals surface area contributed by atoms with Crippen molar-refractivity contribution in [2.24, 2.45) is 0 Å². The number of carbonyl (C=O) groups excluding carboxylic acids is 2. The van der Waals surface area contributed by atoms with E-state index in [9.17, 15) is 9.59 Å². The van der Waals surface area contributed by atoms with Gasteiger partial charge in [-0.15, -0.1) is 11.3 Å². The first-order valence-electron chi connectivity index (χ1n) is 10.4. The molecule has 2 aromatic heterocycles. The molecule has 0 radical (unpaired) electrons. The number of carbonyl (C=O) groups is 2. The molecule has 6 nitrogen and oxygen atoms in total. The molecular formula is C25H22N4O2S. The van der Waals surface area contributed by atoms with E-state index in [4.69, 9.17) is 0 Å². The Morgan fingerprint density at radius 1 is 1.09 bits per heavy atom. The first-order chi connectivity index (χ1) is 15.6. The number of benzene rings is 2. The molecule has 160 valence electrons. The Kier molecular flexibility index (Phi) is 5.33. The lowest BCUT2D eigenvalue weighted by atomic mass is 10.0. The number of hydrogen-bond donors (Lipinski definition) is 1. The van der Waals surface area contributed by atoms with Crippen molar-refractivity contribution in [3.05, 3.63) is 99.8 Å². The second kappa shape index (κ2) is 8.43. The molecule has 0 fully saturated rings. The third-order valence-electron chi connectivity index (χ3n) is 5.84. The lowest BCUT2D eigenvalue weighted by Gasteiger charge is -2.28. The highest BCUT2D eigenvalue weighted by Gasteiger charge is 2.24. The van der Waals surface area contributed by atoms with E-state index >= 15 is 0 Å². The summed E-state index contributed by atoms with van der Waals surface area (Å²) in [4.78, 5) is 33.3. The molecule has 0 saturated heterocycles. The normalized spacial score (nSPS) is 13.0. The summed E-state index contributed by atoms with van der Waals surface area (Å²) < 4.78 is 1.88. The Bertz CT molecular complexity index is 1280. The van der Waals surface area contributed by atoms with Crippen LogP contribution >= 0.6 is 11.3 Å². The Hall–Kier alpha value is -3.71. The second-order valence-corrected chi connectivity index (χ2v) is 8.80. The fourth-order valence-electron chi connectivity index (χ4n) is 3.99. The zero-order valence-corrected chi connectivity index (χ0v) is 18.4. The topological polar surface area (TPSA) is 67.2 Å². The number of amides is 2. The molecule has 0 atom stereocenters. The minimum atomic E-state index is -0.212. The van der Waals surface area contributed by atoms with Gasteiger partial charge >= 0.3 is 0 Å². The van der Waals surface area contributed by atoms with E-state index < -0.39 is 0 Å². The SMILES string of the molecule is Cc1c(NC(=O)c2ccc(-n3ccnc3)cc2)cccc1C(=O)N1CCc2sccc2C1. The maximum atomic E-state index is 13.2. The Morgan fingerprint density at radius 2 is 1.94 bits per heavy atom. The van der Waals surface area contributed by atoms with Crippen molar-refractivity contribution in [3.8, 4) is 5.69 Å². The van der Waals surface area contributed by atoms with E-state index in [0.29, 0.717) is 29.9 Å². The standard InChI is InChI=1S/C25H22N4O2S/c1-17-21(25(31)28-12-9-23-19(15-28)10-14-32-23)3-2-4-22(17)27-24(30)18-5-7-20(8-6-18)29-13-11-26-16-29/h2-8,10-11,13-14,16H,9,12,15H2,1H3,(H,27,30). The molecule has 0 spiro atoms. The molecule has 0 aliphatic carbocycles. The molecule has 2 amide bonds. The summed E-state index contributed by atoms with van der Waals surface area (Å²) in [6.07, 6.45) is 6.16. The number of nitrogens with one attached hydrogen (secondary N) is 1. The highest BCUT2D eigenvalue weighted by atomic mass is 32.1. The summed E-state index contributed by atoms with van der Waals surface area (Å²) in [5.41, 5.74) is 4.75. The van der Waals surface area contributed by atoms with E-state index in [2.05, 4.69) is 21.7 Å². The van der Waals surface area contributed by atoms with Gasteiger partial charge in [0.15, 0.2) is 0 Å². The highest BCUT2D eigenvalue weighted by molar-refractivity contribution is 7.10. The molecule has 7 heteroatoms. The van der Waals surface area contributed by atoms with Gasteiger partial charge in [0, 0.05) is 52.9 Å². The number of thiophene rings is 1. The van der Waals surface area contributed by atoms with Crippen molar-refractivity contribution < 1.29 is 9.59 Å². The molecule has 0 saturated carbocycles. The molecule has 32 heavy (non-hydrogen) atoms. The molecule has 1 aliphatic heterocycles. The van der Waals surface area contributed by atoms with Crippen LogP contribution in [0.25, 0.3) is 5.69 Å². The van der Waals surface area contributed by atoms with Crippen molar-refractivity contribution in [2.75, 3.05) is 11.9 Å². The van der Waals surface area contributed by atoms with Gasteiger partial charge in [0.1, 0.15) is 0 Å². The maximum absolute atomic E-state index is 13.2. The summed E-state index contributed by atoms with van der Waals surface area (Å²) in [6.45, 7) is 3.23. The largest absolute Gasteiger partial charge is 0.334 e. The van der Waals surface area contributed by atoms with Gasteiger partial charge in [-0.25, -0.2) is 4.98 Å². The Balaban J connectivity index is 1.32. The summed E-state index contributed by atoms with van der Waals surface area (Å²) >= 11 is 1.76. The van der Waals surface area contributed by atoms with Crippen molar-refractivity contribution in [3.63, 3.8) is 0 Å². The van der Waals surface area contributed by atoms with E-state index in [-0.39, 0.29) is 11.8 Å². The van der Waals surface area contributed by atoms with Crippen LogP contribution in [0, 0.1) is 6.92 Å². The summed E-state index contributed by atoms with van der Waals surface area (Å²) in [7, 11) is 0. The first-order valence-corrected chi connectivity index (χ1v) is 11.3. The maximum Gasteiger partial charge on any atom is 0.255 e. The minimum absolute atomic E-state index is 0.000124. The van der Waals surface area contributed by atoms with Gasteiger partial charge in [0.2, 0.25) is 0 Å². The first kappa shape index (κ1) is 20.2. The molecule has 2 aromatic carbocycles. The molecule has 5 rings (SSSR count). The minimum Gasteiger partial charge on any atom is -0.334 e. The summed E-state index contributed by atoms with van der Waals surface area (Å²) in [5.74, 6) is -0.212. The van der Waals surface area contributed by atoms with Crippen molar-refractivity contribution in [1.29, 1.82) is 0 Å². The molecular weight excluding hydrogens is 420 g/mol. The molecule has 1 aliphatic rings. The summed E-state index contributed by atoms with van der Waals surface area (Å²) in [6, 6.07) is 14.9. The number of rotatable bonds is 4. The molecule has 1 N–H and O–H groups in total. The summed E-state index contributed by atoms with van der Waals surface area (Å²) in [5, 5.41) is 5.05. The predicted molar refractivity (Wildman–Crippen MR) is 125 cm³/mol. The predicted octanol–water partition coefficient (Wildman–Crippen LogP) is 4.69. The number of aromatic nitrogens is 2. The third-order valence-corrected chi connectivity index (χ3v) is 6.86. The van der Waals surface area contributed by atoms with Gasteiger partial charge in [-0.3, -0.25) is 9.59 Å². The van der Waals surface area contributed by atoms with E-state index in [1.165, 1.54) is 10.4 Å². The molecule has 0 bridgehead atoms. The van der Waals surface area contributed by atoms with Crippen LogP contribution in [0.15, 0.2) is 72.6 Å². The van der Waals surface area contributed by atoms with Crippen molar-refractivity contribution in [1.82, 2.24) is 14.5 Å². The number of anilines is 1. The fraction of sp³-hybridized carbons (Fsp3) is 0.160. The van der Waals surface area contributed by atoms with Gasteiger partial charge < -0.3 is 14.8 Å². The lowest BCUT2D eigenvalue weighted by molar-refractivity contribution is 0.0735. The monoisotopic (exact) mass is 442 g/mol. The average molecular weight is 443 g/mol. The van der Waals surface area contributed by atoms with Crippen LogP contribution < -0.4 is 5.32 Å². The van der Waals surface area contributed by atoms with Crippen LogP contribution in [-0.2, 0) is 13.0 Å². The Morgan fingerprint density at radius 3 is 2.72 bits per heavy atom. The van der Waals surface area contributed by atoms with Gasteiger partial charge in [0.05, 0.1) is 6.33 Å². The van der Waals surface area contributed by atoms with Crippen molar-refractivity contribution in [2.45, 2.75) is 19.9 Å². The number of nitrogens with zero attached hydrogens (tertiary/aromatic N) is 3. The zero-order chi connectivity index (χ0) is 22.1. The zero-order valence-electron chi connectivity index (χ0n) is 17.6. The van der Waals surface area contributed by atoms with Crippen LogP contribution in [0.2, 0.25) is 0 Å². The van der Waals surface area contributed by atoms with E-state index in [0.717, 1.165) is 17.7 Å². The van der Waals surface area contributed by atoms with Crippen LogP contribution in [0.1, 0.15) is 36.7 Å². The molecule has 4 aromatic rings. The van der Waals surface area contributed by atoms with Crippen molar-refractivity contribution >= 4 is 28.8 Å². The third kappa shape index (κ3) is 3.83. The van der Waals surface area contributed by atoms with Crippen LogP contribution in [-0.4, -0.2) is 32.8 Å². The van der Waals surface area contributed by atoms with Gasteiger partial charge in [-0.2, -0.15) is 0 Å². The van der Waals surface area contributed by atoms with Gasteiger partial charge in [-0.1, -0.05) is 6.07 Å². The fourth-order valence-corrected chi connectivity index (χ4v) is 4.88. The van der Waals surface area contributed by atoms with Crippen LogP contribution in [0.3, 0.4) is 0 Å². The number of hydrogen-bond acceptors (Lipinski definition) is 4. The molecule has 0 unspecified atom stereocenters.